The predicted molar refractivity (Wildman–Crippen MR) is 105 cm³/mol. The van der Waals surface area contributed by atoms with Crippen molar-refractivity contribution in [3.8, 4) is 11.3 Å². The monoisotopic (exact) mass is 420 g/mol. The van der Waals surface area contributed by atoms with Crippen molar-refractivity contribution in [2.75, 3.05) is 5.75 Å². The van der Waals surface area contributed by atoms with Gasteiger partial charge < -0.3 is 4.57 Å². The molecule has 0 aliphatic rings. The number of Topliss-reactive ketones (excluding diaryl/α,β-unsaturated/α-hetero) is 1. The summed E-state index contributed by atoms with van der Waals surface area (Å²) >= 11 is 6.51. The van der Waals surface area contributed by atoms with Crippen molar-refractivity contribution in [3.05, 3.63) is 56.8 Å². The highest BCUT2D eigenvalue weighted by Gasteiger charge is 2.14. The van der Waals surface area contributed by atoms with Gasteiger partial charge in [-0.3, -0.25) is 4.79 Å². The quantitative estimate of drug-likeness (QED) is 0.380. The van der Waals surface area contributed by atoms with Crippen LogP contribution >= 0.6 is 39.0 Å². The smallest absolute Gasteiger partial charge is 0.183 e. The number of benzene rings is 1. The van der Waals surface area contributed by atoms with Crippen molar-refractivity contribution in [1.29, 1.82) is 0 Å². The van der Waals surface area contributed by atoms with Crippen molar-refractivity contribution < 1.29 is 4.79 Å². The lowest BCUT2D eigenvalue weighted by atomic mass is 10.2. The second-order valence-electron chi connectivity index (χ2n) is 5.30. The normalized spacial score (nSPS) is 11.0. The topological polar surface area (TPSA) is 34.9 Å². The van der Waals surface area contributed by atoms with E-state index in [-0.39, 0.29) is 5.78 Å². The molecule has 124 valence electrons. The molecule has 3 rings (SSSR count). The molecule has 3 aromatic rings. The number of thiophene rings is 1. The van der Waals surface area contributed by atoms with Crippen LogP contribution in [0.3, 0.4) is 0 Å². The fourth-order valence-electron chi connectivity index (χ4n) is 2.42. The Morgan fingerprint density at radius 3 is 2.62 bits per heavy atom. The van der Waals surface area contributed by atoms with Crippen LogP contribution in [0.5, 0.6) is 0 Å². The Morgan fingerprint density at radius 2 is 2.00 bits per heavy atom. The third-order valence-electron chi connectivity index (χ3n) is 3.62. The molecule has 0 radical (unpaired) electrons. The van der Waals surface area contributed by atoms with Gasteiger partial charge in [0.05, 0.1) is 22.5 Å². The molecule has 1 aromatic carbocycles. The lowest BCUT2D eigenvalue weighted by Gasteiger charge is -2.09. The second-order valence-corrected chi connectivity index (χ2v) is 8.45. The van der Waals surface area contributed by atoms with Crippen LogP contribution in [0.15, 0.2) is 52.2 Å². The zero-order chi connectivity index (χ0) is 17.1. The standard InChI is InChI=1S/C18H17BrN2OS2/c1-3-21-15(13-5-7-14(19)8-6-13)10-20-18(21)23-11-16(22)17-9-4-12(2)24-17/h4-10H,3,11H2,1-2H3. The van der Waals surface area contributed by atoms with E-state index in [0.29, 0.717) is 5.75 Å². The molecule has 0 aliphatic heterocycles. The van der Waals surface area contributed by atoms with Gasteiger partial charge >= 0.3 is 0 Å². The fourth-order valence-corrected chi connectivity index (χ4v) is 4.50. The van der Waals surface area contributed by atoms with Gasteiger partial charge in [-0.15, -0.1) is 11.3 Å². The average molecular weight is 421 g/mol. The van der Waals surface area contributed by atoms with Gasteiger partial charge in [-0.25, -0.2) is 4.98 Å². The number of aromatic nitrogens is 2. The Kier molecular flexibility index (Phi) is 5.58. The highest BCUT2D eigenvalue weighted by atomic mass is 79.9. The summed E-state index contributed by atoms with van der Waals surface area (Å²) in [6.45, 7) is 4.93. The molecular formula is C18H17BrN2OS2. The second kappa shape index (κ2) is 7.68. The molecule has 0 saturated heterocycles. The molecule has 6 heteroatoms. The summed E-state index contributed by atoms with van der Waals surface area (Å²) in [5, 5.41) is 0.886. The van der Waals surface area contributed by atoms with Crippen LogP contribution in [0.1, 0.15) is 21.5 Å². The molecule has 0 spiro atoms. The van der Waals surface area contributed by atoms with Crippen LogP contribution in [-0.4, -0.2) is 21.1 Å². The van der Waals surface area contributed by atoms with Crippen LogP contribution in [0.25, 0.3) is 11.3 Å². The maximum atomic E-state index is 12.3. The van der Waals surface area contributed by atoms with E-state index < -0.39 is 0 Å². The minimum atomic E-state index is 0.161. The van der Waals surface area contributed by atoms with E-state index in [9.17, 15) is 4.79 Å². The third-order valence-corrected chi connectivity index (χ3v) is 6.18. The van der Waals surface area contributed by atoms with Crippen LogP contribution in [0.4, 0.5) is 0 Å². The summed E-state index contributed by atoms with van der Waals surface area (Å²) in [6, 6.07) is 12.1. The molecular weight excluding hydrogens is 404 g/mol. The molecule has 0 N–H and O–H groups in total. The van der Waals surface area contributed by atoms with E-state index in [2.05, 4.69) is 44.5 Å². The molecule has 0 amide bonds. The average Bonchev–Trinajstić information content (AvgIpc) is 3.19. The zero-order valence-corrected chi connectivity index (χ0v) is 16.7. The number of imidazole rings is 1. The SMILES string of the molecule is CCn1c(-c2ccc(Br)cc2)cnc1SCC(=O)c1ccc(C)s1. The first kappa shape index (κ1) is 17.5. The summed E-state index contributed by atoms with van der Waals surface area (Å²) in [5.74, 6) is 0.574. The summed E-state index contributed by atoms with van der Waals surface area (Å²) in [5.41, 5.74) is 2.20. The number of carbonyl (C=O) groups is 1. The Bertz CT molecular complexity index is 852. The van der Waals surface area contributed by atoms with Crippen LogP contribution < -0.4 is 0 Å². The summed E-state index contributed by atoms with van der Waals surface area (Å²) < 4.78 is 3.21. The van der Waals surface area contributed by atoms with Gasteiger partial charge in [0, 0.05) is 15.9 Å². The van der Waals surface area contributed by atoms with Crippen molar-refractivity contribution in [3.63, 3.8) is 0 Å². The molecule has 0 saturated carbocycles. The first-order valence-corrected chi connectivity index (χ1v) is 10.2. The molecule has 0 aliphatic carbocycles. The van der Waals surface area contributed by atoms with Gasteiger partial charge in [-0.05, 0) is 43.7 Å². The van der Waals surface area contributed by atoms with Crippen molar-refractivity contribution in [2.45, 2.75) is 25.5 Å². The molecule has 0 unspecified atom stereocenters. The molecule has 0 atom stereocenters. The number of hydrogen-bond acceptors (Lipinski definition) is 4. The first-order valence-electron chi connectivity index (χ1n) is 7.62. The Morgan fingerprint density at radius 1 is 1.25 bits per heavy atom. The van der Waals surface area contributed by atoms with Gasteiger partial charge in [-0.2, -0.15) is 0 Å². The minimum Gasteiger partial charge on any atom is -0.319 e. The number of hydrogen-bond donors (Lipinski definition) is 0. The molecule has 3 nitrogen and oxygen atoms in total. The summed E-state index contributed by atoms with van der Waals surface area (Å²) in [4.78, 5) is 18.8. The Hall–Kier alpha value is -1.37. The number of aryl methyl sites for hydroxylation is 1. The van der Waals surface area contributed by atoms with E-state index in [1.807, 2.05) is 37.4 Å². The van der Waals surface area contributed by atoms with Crippen LogP contribution in [-0.2, 0) is 6.54 Å². The predicted octanol–water partition coefficient (Wildman–Crippen LogP) is 5.68. The molecule has 24 heavy (non-hydrogen) atoms. The highest BCUT2D eigenvalue weighted by Crippen LogP contribution is 2.28. The van der Waals surface area contributed by atoms with Gasteiger partial charge in [0.15, 0.2) is 10.9 Å². The minimum absolute atomic E-state index is 0.161. The molecule has 0 bridgehead atoms. The lowest BCUT2D eigenvalue weighted by molar-refractivity contribution is 0.102. The maximum Gasteiger partial charge on any atom is 0.183 e. The summed E-state index contributed by atoms with van der Waals surface area (Å²) in [6.07, 6.45) is 1.88. The van der Waals surface area contributed by atoms with E-state index >= 15 is 0 Å². The number of ketones is 1. The number of rotatable bonds is 6. The van der Waals surface area contributed by atoms with Crippen molar-refractivity contribution >= 4 is 44.8 Å². The van der Waals surface area contributed by atoms with Crippen LogP contribution in [0, 0.1) is 6.92 Å². The van der Waals surface area contributed by atoms with E-state index in [4.69, 9.17) is 0 Å². The highest BCUT2D eigenvalue weighted by molar-refractivity contribution is 9.10. The Labute approximate surface area is 158 Å². The number of nitrogens with zero attached hydrogens (tertiary/aromatic N) is 2. The zero-order valence-electron chi connectivity index (χ0n) is 13.5. The van der Waals surface area contributed by atoms with E-state index in [1.165, 1.54) is 11.8 Å². The number of carbonyl (C=O) groups excluding carboxylic acids is 1. The van der Waals surface area contributed by atoms with E-state index in [0.717, 1.165) is 37.2 Å². The Balaban J connectivity index is 1.77. The largest absolute Gasteiger partial charge is 0.319 e. The van der Waals surface area contributed by atoms with Gasteiger partial charge in [0.25, 0.3) is 0 Å². The number of thioether (sulfide) groups is 1. The summed E-state index contributed by atoms with van der Waals surface area (Å²) in [7, 11) is 0. The van der Waals surface area contributed by atoms with Crippen molar-refractivity contribution in [2.24, 2.45) is 0 Å². The van der Waals surface area contributed by atoms with Crippen molar-refractivity contribution in [1.82, 2.24) is 9.55 Å². The fraction of sp³-hybridized carbons (Fsp3) is 0.222. The molecule has 2 heterocycles. The number of halogens is 1. The third kappa shape index (κ3) is 3.82. The maximum absolute atomic E-state index is 12.3. The van der Waals surface area contributed by atoms with Crippen LogP contribution in [0.2, 0.25) is 0 Å². The molecule has 0 fully saturated rings. The van der Waals surface area contributed by atoms with Gasteiger partial charge in [0.1, 0.15) is 0 Å². The van der Waals surface area contributed by atoms with E-state index in [1.54, 1.807) is 11.3 Å². The first-order chi connectivity index (χ1) is 11.6. The lowest BCUT2D eigenvalue weighted by Crippen LogP contribution is -2.03. The van der Waals surface area contributed by atoms with Gasteiger partial charge in [-0.1, -0.05) is 39.8 Å². The molecule has 2 aromatic heterocycles. The van der Waals surface area contributed by atoms with Gasteiger partial charge in [0.2, 0.25) is 0 Å².